The van der Waals surface area contributed by atoms with Crippen LogP contribution in [0.4, 0.5) is 0 Å². The zero-order valence-corrected chi connectivity index (χ0v) is 14.3. The number of nitrogens with zero attached hydrogens (tertiary/aromatic N) is 2. The van der Waals surface area contributed by atoms with Crippen molar-refractivity contribution in [3.8, 4) is 0 Å². The lowest BCUT2D eigenvalue weighted by Crippen LogP contribution is -2.42. The molecule has 4 atom stereocenters. The minimum absolute atomic E-state index is 0.0400. The van der Waals surface area contributed by atoms with Gasteiger partial charge in [0, 0.05) is 24.4 Å². The molecule has 23 heavy (non-hydrogen) atoms. The number of fused-ring (bicyclic) bond motifs is 1. The summed E-state index contributed by atoms with van der Waals surface area (Å²) in [6, 6.07) is 0. The van der Waals surface area contributed by atoms with Crippen LogP contribution in [-0.4, -0.2) is 41.9 Å². The number of aliphatic imine (C=N–C) groups is 1. The van der Waals surface area contributed by atoms with Crippen LogP contribution in [0.5, 0.6) is 0 Å². The van der Waals surface area contributed by atoms with Crippen LogP contribution in [0, 0.1) is 23.7 Å². The molecule has 1 amide bonds. The van der Waals surface area contributed by atoms with E-state index in [0.717, 1.165) is 37.2 Å². The molecule has 0 spiro atoms. The van der Waals surface area contributed by atoms with Crippen molar-refractivity contribution in [2.75, 3.05) is 19.6 Å². The lowest BCUT2D eigenvalue weighted by molar-refractivity contribution is -0.128. The maximum atomic E-state index is 12.8. The van der Waals surface area contributed by atoms with Gasteiger partial charge in [0.15, 0.2) is 5.78 Å². The zero-order chi connectivity index (χ0) is 16.7. The Labute approximate surface area is 138 Å². The van der Waals surface area contributed by atoms with E-state index in [0.29, 0.717) is 29.4 Å². The number of piperidine rings is 1. The molecule has 2 unspecified atom stereocenters. The summed E-state index contributed by atoms with van der Waals surface area (Å²) in [4.78, 5) is 30.4. The van der Waals surface area contributed by atoms with Gasteiger partial charge < -0.3 is 10.6 Å². The van der Waals surface area contributed by atoms with Gasteiger partial charge in [0.1, 0.15) is 5.70 Å². The van der Waals surface area contributed by atoms with Gasteiger partial charge in [-0.25, -0.2) is 0 Å². The zero-order valence-electron chi connectivity index (χ0n) is 14.3. The fourth-order valence-corrected chi connectivity index (χ4v) is 4.21. The Morgan fingerprint density at radius 2 is 2.09 bits per heavy atom. The second-order valence-electron chi connectivity index (χ2n) is 7.54. The third-order valence-electron chi connectivity index (χ3n) is 5.59. The lowest BCUT2D eigenvalue weighted by Gasteiger charge is -2.31. The summed E-state index contributed by atoms with van der Waals surface area (Å²) in [5.74, 6) is 2.04. The molecular formula is C18H27N3O2. The van der Waals surface area contributed by atoms with Crippen LogP contribution in [0.1, 0.15) is 40.0 Å². The van der Waals surface area contributed by atoms with E-state index in [1.54, 1.807) is 0 Å². The van der Waals surface area contributed by atoms with E-state index < -0.39 is 0 Å². The lowest BCUT2D eigenvalue weighted by atomic mass is 9.98. The summed E-state index contributed by atoms with van der Waals surface area (Å²) in [6.07, 6.45) is 3.08. The molecule has 5 nitrogen and oxygen atoms in total. The standard InChI is InChI=1S/C18H27N3O2/c1-10-5-4-6-21(9-10)18(23)17(19)16-14(20-8-11(2)22)7-13-12(3)15(13)16/h10,12-13,15H,4-9,19H2,1-3H3/b17-16+,20-14?/t10-,12+,13?,15?/m0/s1. The molecule has 1 aliphatic heterocycles. The van der Waals surface area contributed by atoms with Crippen molar-refractivity contribution in [3.05, 3.63) is 11.3 Å². The predicted octanol–water partition coefficient (Wildman–Crippen LogP) is 1.77. The van der Waals surface area contributed by atoms with Crippen molar-refractivity contribution in [2.45, 2.75) is 40.0 Å². The largest absolute Gasteiger partial charge is 0.394 e. The Morgan fingerprint density at radius 3 is 2.74 bits per heavy atom. The number of Topliss-reactive ketones (excluding diaryl/α,β-unsaturated/α-hetero) is 1. The number of amides is 1. The van der Waals surface area contributed by atoms with Gasteiger partial charge in [-0.1, -0.05) is 13.8 Å². The number of carbonyl (C=O) groups excluding carboxylic acids is 2. The molecule has 2 N–H and O–H groups in total. The van der Waals surface area contributed by atoms with Gasteiger partial charge in [0.05, 0.1) is 6.54 Å². The van der Waals surface area contributed by atoms with Gasteiger partial charge in [0.25, 0.3) is 5.91 Å². The van der Waals surface area contributed by atoms with Gasteiger partial charge in [-0.2, -0.15) is 0 Å². The monoisotopic (exact) mass is 317 g/mol. The van der Waals surface area contributed by atoms with E-state index in [9.17, 15) is 9.59 Å². The molecule has 5 heteroatoms. The van der Waals surface area contributed by atoms with Crippen LogP contribution < -0.4 is 5.73 Å². The first kappa shape index (κ1) is 16.2. The SMILES string of the molecule is CC(=O)CN=C1CC2C(/C1=C(/N)C(=O)N1CCC[C@H](C)C1)[C@@H]2C. The number of hydrogen-bond acceptors (Lipinski definition) is 4. The fourth-order valence-electron chi connectivity index (χ4n) is 4.21. The predicted molar refractivity (Wildman–Crippen MR) is 89.9 cm³/mol. The van der Waals surface area contributed by atoms with Crippen LogP contribution in [0.25, 0.3) is 0 Å². The first-order valence-corrected chi connectivity index (χ1v) is 8.72. The number of nitrogens with two attached hydrogens (primary N) is 1. The maximum Gasteiger partial charge on any atom is 0.270 e. The second kappa shape index (κ2) is 6.10. The van der Waals surface area contributed by atoms with E-state index in [2.05, 4.69) is 18.8 Å². The molecule has 1 heterocycles. The summed E-state index contributed by atoms with van der Waals surface area (Å²) in [6.45, 7) is 7.69. The first-order chi connectivity index (χ1) is 10.9. The molecule has 3 fully saturated rings. The molecule has 2 saturated carbocycles. The molecule has 0 aromatic heterocycles. The molecule has 0 aromatic rings. The van der Waals surface area contributed by atoms with Crippen molar-refractivity contribution in [1.29, 1.82) is 0 Å². The normalized spacial score (nSPS) is 36.8. The highest BCUT2D eigenvalue weighted by Gasteiger charge is 2.56. The van der Waals surface area contributed by atoms with Gasteiger partial charge in [-0.05, 0) is 49.9 Å². The number of ketones is 1. The van der Waals surface area contributed by atoms with Gasteiger partial charge in [-0.3, -0.25) is 14.6 Å². The number of likely N-dealkylation sites (tertiary alicyclic amines) is 1. The Balaban J connectivity index is 1.84. The third kappa shape index (κ3) is 3.06. The van der Waals surface area contributed by atoms with Crippen LogP contribution in [0.15, 0.2) is 16.3 Å². The highest BCUT2D eigenvalue weighted by atomic mass is 16.2. The van der Waals surface area contributed by atoms with Gasteiger partial charge in [0.2, 0.25) is 0 Å². The number of allylic oxidation sites excluding steroid dienone is 1. The summed E-state index contributed by atoms with van der Waals surface area (Å²) in [5.41, 5.74) is 8.50. The molecule has 1 saturated heterocycles. The van der Waals surface area contributed by atoms with E-state index >= 15 is 0 Å². The smallest absolute Gasteiger partial charge is 0.270 e. The van der Waals surface area contributed by atoms with Crippen molar-refractivity contribution in [2.24, 2.45) is 34.4 Å². The second-order valence-corrected chi connectivity index (χ2v) is 7.54. The number of hydrogen-bond donors (Lipinski definition) is 1. The highest BCUT2D eigenvalue weighted by Crippen LogP contribution is 2.59. The van der Waals surface area contributed by atoms with E-state index in [1.165, 1.54) is 13.3 Å². The van der Waals surface area contributed by atoms with Crippen molar-refractivity contribution < 1.29 is 9.59 Å². The van der Waals surface area contributed by atoms with Crippen LogP contribution >= 0.6 is 0 Å². The Hall–Kier alpha value is -1.65. The van der Waals surface area contributed by atoms with E-state index in [-0.39, 0.29) is 18.2 Å². The molecule has 3 rings (SSSR count). The molecule has 126 valence electrons. The minimum atomic E-state index is -0.0400. The molecular weight excluding hydrogens is 290 g/mol. The first-order valence-electron chi connectivity index (χ1n) is 8.72. The van der Waals surface area contributed by atoms with Crippen molar-refractivity contribution >= 4 is 17.4 Å². The molecule has 0 radical (unpaired) electrons. The fraction of sp³-hybridized carbons (Fsp3) is 0.722. The maximum absolute atomic E-state index is 12.8. The average molecular weight is 317 g/mol. The Bertz CT molecular complexity index is 593. The highest BCUT2D eigenvalue weighted by molar-refractivity contribution is 6.11. The molecule has 3 aliphatic rings. The summed E-state index contributed by atoms with van der Waals surface area (Å²) in [5, 5.41) is 0. The van der Waals surface area contributed by atoms with Crippen LogP contribution in [0.2, 0.25) is 0 Å². The molecule has 0 bridgehead atoms. The van der Waals surface area contributed by atoms with Crippen LogP contribution in [-0.2, 0) is 9.59 Å². The van der Waals surface area contributed by atoms with Crippen molar-refractivity contribution in [3.63, 3.8) is 0 Å². The third-order valence-corrected chi connectivity index (χ3v) is 5.59. The van der Waals surface area contributed by atoms with E-state index in [1.807, 2.05) is 4.90 Å². The average Bonchev–Trinajstić information content (AvgIpc) is 2.97. The number of carbonyl (C=O) groups is 2. The van der Waals surface area contributed by atoms with Gasteiger partial charge in [-0.15, -0.1) is 0 Å². The van der Waals surface area contributed by atoms with Crippen molar-refractivity contribution in [1.82, 2.24) is 4.90 Å². The summed E-state index contributed by atoms with van der Waals surface area (Å²) in [7, 11) is 0. The Morgan fingerprint density at radius 1 is 1.35 bits per heavy atom. The topological polar surface area (TPSA) is 75.8 Å². The summed E-state index contributed by atoms with van der Waals surface area (Å²) < 4.78 is 0. The molecule has 2 aliphatic carbocycles. The van der Waals surface area contributed by atoms with Gasteiger partial charge >= 0.3 is 0 Å². The summed E-state index contributed by atoms with van der Waals surface area (Å²) >= 11 is 0. The van der Waals surface area contributed by atoms with E-state index in [4.69, 9.17) is 5.73 Å². The quantitative estimate of drug-likeness (QED) is 0.806. The van der Waals surface area contributed by atoms with Crippen LogP contribution in [0.3, 0.4) is 0 Å². The number of rotatable bonds is 3. The minimum Gasteiger partial charge on any atom is -0.394 e. The Kier molecular flexibility index (Phi) is 4.30. The molecule has 0 aromatic carbocycles.